The van der Waals surface area contributed by atoms with Crippen molar-refractivity contribution in [3.8, 4) is 5.75 Å². The van der Waals surface area contributed by atoms with Gasteiger partial charge >= 0.3 is 0 Å². The summed E-state index contributed by atoms with van der Waals surface area (Å²) in [6, 6.07) is 8.01. The van der Waals surface area contributed by atoms with E-state index < -0.39 is 0 Å². The number of hydrogen-bond acceptors (Lipinski definition) is 3. The first kappa shape index (κ1) is 13.0. The van der Waals surface area contributed by atoms with Gasteiger partial charge in [-0.25, -0.2) is 0 Å². The molecule has 0 aliphatic heterocycles. The van der Waals surface area contributed by atoms with E-state index in [2.05, 4.69) is 5.32 Å². The Hall–Kier alpha value is -1.06. The van der Waals surface area contributed by atoms with Gasteiger partial charge in [0.2, 0.25) is 0 Å². The molecule has 0 saturated carbocycles. The highest BCUT2D eigenvalue weighted by Gasteiger charge is 2.00. The molecule has 3 nitrogen and oxygen atoms in total. The second kappa shape index (κ2) is 6.51. The van der Waals surface area contributed by atoms with E-state index in [1.165, 1.54) is 5.56 Å². The molecule has 16 heavy (non-hydrogen) atoms. The molecular formula is C13H21NO2. The highest BCUT2D eigenvalue weighted by Crippen LogP contribution is 2.14. The average molecular weight is 223 g/mol. The molecule has 1 atom stereocenters. The number of rotatable bonds is 6. The van der Waals surface area contributed by atoms with Crippen LogP contribution in [0.4, 0.5) is 0 Å². The fraction of sp³-hybridized carbons (Fsp3) is 0.538. The van der Waals surface area contributed by atoms with E-state index in [4.69, 9.17) is 9.84 Å². The highest BCUT2D eigenvalue weighted by molar-refractivity contribution is 5.28. The molecule has 0 unspecified atom stereocenters. The smallest absolute Gasteiger partial charge is 0.120 e. The average Bonchev–Trinajstić information content (AvgIpc) is 2.16. The first-order valence-corrected chi connectivity index (χ1v) is 5.72. The first-order valence-electron chi connectivity index (χ1n) is 5.72. The van der Waals surface area contributed by atoms with E-state index in [1.54, 1.807) is 6.92 Å². The molecule has 0 radical (unpaired) electrons. The van der Waals surface area contributed by atoms with Crippen molar-refractivity contribution in [2.24, 2.45) is 0 Å². The van der Waals surface area contributed by atoms with E-state index in [-0.39, 0.29) is 12.2 Å². The minimum atomic E-state index is -0.310. The molecule has 0 saturated heterocycles. The molecule has 2 N–H and O–H groups in total. The van der Waals surface area contributed by atoms with Gasteiger partial charge in [0, 0.05) is 13.1 Å². The molecule has 0 heterocycles. The summed E-state index contributed by atoms with van der Waals surface area (Å²) in [5, 5.41) is 12.3. The van der Waals surface area contributed by atoms with Crippen LogP contribution in [0.5, 0.6) is 5.75 Å². The van der Waals surface area contributed by atoms with Gasteiger partial charge in [0.1, 0.15) is 5.75 Å². The Bertz CT molecular complexity index is 311. The van der Waals surface area contributed by atoms with Gasteiger partial charge in [-0.15, -0.1) is 0 Å². The van der Waals surface area contributed by atoms with Crippen molar-refractivity contribution in [1.29, 1.82) is 0 Å². The predicted octanol–water partition coefficient (Wildman–Crippen LogP) is 1.94. The van der Waals surface area contributed by atoms with Gasteiger partial charge in [-0.1, -0.05) is 12.1 Å². The maximum atomic E-state index is 9.12. The van der Waals surface area contributed by atoms with E-state index in [0.29, 0.717) is 6.54 Å². The largest absolute Gasteiger partial charge is 0.491 e. The number of aliphatic hydroxyl groups is 1. The molecule has 0 spiro atoms. The maximum absolute atomic E-state index is 9.12. The monoisotopic (exact) mass is 223 g/mol. The van der Waals surface area contributed by atoms with Crippen LogP contribution in [-0.2, 0) is 6.54 Å². The molecule has 90 valence electrons. The molecule has 1 aromatic rings. The lowest BCUT2D eigenvalue weighted by atomic mass is 10.2. The van der Waals surface area contributed by atoms with Crippen molar-refractivity contribution in [3.05, 3.63) is 29.8 Å². The number of benzene rings is 1. The van der Waals surface area contributed by atoms with Crippen LogP contribution in [0.1, 0.15) is 26.3 Å². The lowest BCUT2D eigenvalue weighted by Crippen LogP contribution is -2.23. The van der Waals surface area contributed by atoms with Crippen LogP contribution in [0.15, 0.2) is 24.3 Å². The Kier molecular flexibility index (Phi) is 5.29. The van der Waals surface area contributed by atoms with Crippen LogP contribution in [0.3, 0.4) is 0 Å². The quantitative estimate of drug-likeness (QED) is 0.774. The lowest BCUT2D eigenvalue weighted by molar-refractivity contribution is 0.191. The van der Waals surface area contributed by atoms with E-state index in [1.807, 2.05) is 38.1 Å². The minimum Gasteiger partial charge on any atom is -0.491 e. The van der Waals surface area contributed by atoms with Crippen LogP contribution in [0.2, 0.25) is 0 Å². The van der Waals surface area contributed by atoms with Crippen molar-refractivity contribution in [2.75, 3.05) is 6.54 Å². The van der Waals surface area contributed by atoms with Crippen LogP contribution in [0.25, 0.3) is 0 Å². The predicted molar refractivity (Wildman–Crippen MR) is 65.6 cm³/mol. The summed E-state index contributed by atoms with van der Waals surface area (Å²) in [4.78, 5) is 0. The van der Waals surface area contributed by atoms with Gasteiger partial charge in [0.05, 0.1) is 12.2 Å². The van der Waals surface area contributed by atoms with Gasteiger partial charge in [-0.3, -0.25) is 0 Å². The van der Waals surface area contributed by atoms with Gasteiger partial charge in [-0.2, -0.15) is 0 Å². The normalized spacial score (nSPS) is 12.8. The molecule has 1 aromatic carbocycles. The van der Waals surface area contributed by atoms with E-state index >= 15 is 0 Å². The van der Waals surface area contributed by atoms with Gasteiger partial charge in [0.25, 0.3) is 0 Å². The molecule has 0 aromatic heterocycles. The first-order chi connectivity index (χ1) is 7.58. The molecule has 1 rings (SSSR count). The molecule has 0 bridgehead atoms. The summed E-state index contributed by atoms with van der Waals surface area (Å²) in [5.74, 6) is 0.895. The van der Waals surface area contributed by atoms with E-state index in [0.717, 1.165) is 12.3 Å². The fourth-order valence-electron chi connectivity index (χ4n) is 1.43. The summed E-state index contributed by atoms with van der Waals surface area (Å²) in [6.45, 7) is 7.15. The summed E-state index contributed by atoms with van der Waals surface area (Å²) < 4.78 is 5.61. The number of aliphatic hydroxyl groups excluding tert-OH is 1. The molecule has 0 aliphatic rings. The molecule has 0 amide bonds. The Labute approximate surface area is 97.4 Å². The Morgan fingerprint density at radius 1 is 1.31 bits per heavy atom. The zero-order chi connectivity index (χ0) is 12.0. The number of ether oxygens (including phenoxy) is 1. The minimum absolute atomic E-state index is 0.195. The standard InChI is InChI=1S/C13H21NO2/c1-10(2)16-13-6-4-5-12(7-13)9-14-8-11(3)15/h4-7,10-11,14-15H,8-9H2,1-3H3/t11-/m1/s1. The van der Waals surface area contributed by atoms with Gasteiger partial charge in [-0.05, 0) is 38.5 Å². The lowest BCUT2D eigenvalue weighted by Gasteiger charge is -2.11. The van der Waals surface area contributed by atoms with Gasteiger partial charge < -0.3 is 15.2 Å². The summed E-state index contributed by atoms with van der Waals surface area (Å²) >= 11 is 0. The summed E-state index contributed by atoms with van der Waals surface area (Å²) in [5.41, 5.74) is 1.17. The Morgan fingerprint density at radius 2 is 2.06 bits per heavy atom. The zero-order valence-corrected chi connectivity index (χ0v) is 10.2. The van der Waals surface area contributed by atoms with Gasteiger partial charge in [0.15, 0.2) is 0 Å². The van der Waals surface area contributed by atoms with Crippen molar-refractivity contribution in [2.45, 2.75) is 39.5 Å². The van der Waals surface area contributed by atoms with Crippen LogP contribution >= 0.6 is 0 Å². The third-order valence-electron chi connectivity index (χ3n) is 2.04. The number of nitrogens with one attached hydrogen (secondary N) is 1. The third kappa shape index (κ3) is 5.14. The molecule has 0 fully saturated rings. The second-order valence-electron chi connectivity index (χ2n) is 4.29. The van der Waals surface area contributed by atoms with Crippen molar-refractivity contribution in [1.82, 2.24) is 5.32 Å². The third-order valence-corrected chi connectivity index (χ3v) is 2.04. The van der Waals surface area contributed by atoms with Crippen LogP contribution < -0.4 is 10.1 Å². The van der Waals surface area contributed by atoms with Crippen molar-refractivity contribution in [3.63, 3.8) is 0 Å². The maximum Gasteiger partial charge on any atom is 0.120 e. The SMILES string of the molecule is CC(C)Oc1cccc(CNC[C@@H](C)O)c1. The molecular weight excluding hydrogens is 202 g/mol. The van der Waals surface area contributed by atoms with E-state index in [9.17, 15) is 0 Å². The van der Waals surface area contributed by atoms with Crippen LogP contribution in [0, 0.1) is 0 Å². The highest BCUT2D eigenvalue weighted by atomic mass is 16.5. The van der Waals surface area contributed by atoms with Crippen molar-refractivity contribution < 1.29 is 9.84 Å². The summed E-state index contributed by atoms with van der Waals surface area (Å²) in [7, 11) is 0. The van der Waals surface area contributed by atoms with Crippen molar-refractivity contribution >= 4 is 0 Å². The Morgan fingerprint density at radius 3 is 2.69 bits per heavy atom. The zero-order valence-electron chi connectivity index (χ0n) is 10.2. The molecule has 3 heteroatoms. The second-order valence-corrected chi connectivity index (χ2v) is 4.29. The Balaban J connectivity index is 2.47. The number of hydrogen-bond donors (Lipinski definition) is 2. The summed E-state index contributed by atoms with van der Waals surface area (Å²) in [6.07, 6.45) is -0.115. The fourth-order valence-corrected chi connectivity index (χ4v) is 1.43. The van der Waals surface area contributed by atoms with Crippen LogP contribution in [-0.4, -0.2) is 23.9 Å². The molecule has 0 aliphatic carbocycles. The topological polar surface area (TPSA) is 41.5 Å².